The Bertz CT molecular complexity index is 589. The van der Waals surface area contributed by atoms with Gasteiger partial charge >= 0.3 is 0 Å². The van der Waals surface area contributed by atoms with Crippen LogP contribution in [0.4, 0.5) is 8.78 Å². The van der Waals surface area contributed by atoms with E-state index < -0.39 is 11.6 Å². The number of halogens is 2. The van der Waals surface area contributed by atoms with E-state index in [0.717, 1.165) is 12.5 Å². The van der Waals surface area contributed by atoms with Crippen LogP contribution in [0.3, 0.4) is 0 Å². The molecule has 0 bridgehead atoms. The van der Waals surface area contributed by atoms with E-state index in [1.54, 1.807) is 4.57 Å². The zero-order valence-electron chi connectivity index (χ0n) is 9.20. The molecule has 0 fully saturated rings. The van der Waals surface area contributed by atoms with Crippen LogP contribution in [0.1, 0.15) is 13.3 Å². The molecule has 0 saturated heterocycles. The largest absolute Gasteiger partial charge is 0.300 e. The Morgan fingerprint density at radius 2 is 2.18 bits per heavy atom. The molecule has 3 nitrogen and oxygen atoms in total. The van der Waals surface area contributed by atoms with Gasteiger partial charge in [0.25, 0.3) is 0 Å². The van der Waals surface area contributed by atoms with Gasteiger partial charge in [0.05, 0.1) is 5.56 Å². The predicted molar refractivity (Wildman–Crippen MR) is 63.1 cm³/mol. The quantitative estimate of drug-likeness (QED) is 0.854. The zero-order valence-corrected chi connectivity index (χ0v) is 10.0. The van der Waals surface area contributed by atoms with Gasteiger partial charge in [0, 0.05) is 6.54 Å². The Hall–Kier alpha value is -1.56. The molecule has 0 spiro atoms. The molecular weight excluding hydrogens is 244 g/mol. The number of rotatable bonds is 3. The smallest absolute Gasteiger partial charge is 0.195 e. The molecule has 0 unspecified atom stereocenters. The fourth-order valence-corrected chi connectivity index (χ4v) is 1.85. The SMILES string of the molecule is CCCn1c(-c2cccc(F)c2F)n[nH]c1=S. The van der Waals surface area contributed by atoms with Crippen molar-refractivity contribution in [3.63, 3.8) is 0 Å². The number of aromatic nitrogens is 3. The predicted octanol–water partition coefficient (Wildman–Crippen LogP) is 3.30. The minimum absolute atomic E-state index is 0.116. The molecule has 6 heteroatoms. The summed E-state index contributed by atoms with van der Waals surface area (Å²) in [6, 6.07) is 4.00. The summed E-state index contributed by atoms with van der Waals surface area (Å²) in [4.78, 5) is 0. The highest BCUT2D eigenvalue weighted by atomic mass is 32.1. The second-order valence-corrected chi connectivity index (χ2v) is 3.99. The summed E-state index contributed by atoms with van der Waals surface area (Å²) >= 11 is 5.04. The van der Waals surface area contributed by atoms with Gasteiger partial charge in [-0.25, -0.2) is 8.78 Å². The van der Waals surface area contributed by atoms with Gasteiger partial charge in [0.2, 0.25) is 0 Å². The highest BCUT2D eigenvalue weighted by Crippen LogP contribution is 2.22. The molecule has 1 aromatic carbocycles. The maximum absolute atomic E-state index is 13.6. The fraction of sp³-hybridized carbons (Fsp3) is 0.273. The second kappa shape index (κ2) is 4.75. The summed E-state index contributed by atoms with van der Waals surface area (Å²) in [5, 5.41) is 6.54. The Morgan fingerprint density at radius 1 is 1.41 bits per heavy atom. The van der Waals surface area contributed by atoms with Crippen LogP contribution in [-0.4, -0.2) is 14.8 Å². The van der Waals surface area contributed by atoms with E-state index >= 15 is 0 Å². The highest BCUT2D eigenvalue weighted by molar-refractivity contribution is 7.71. The first-order chi connectivity index (χ1) is 8.15. The molecule has 17 heavy (non-hydrogen) atoms. The van der Waals surface area contributed by atoms with Crippen LogP contribution in [0.5, 0.6) is 0 Å². The lowest BCUT2D eigenvalue weighted by atomic mass is 10.2. The number of benzene rings is 1. The number of nitrogens with one attached hydrogen (secondary N) is 1. The van der Waals surface area contributed by atoms with E-state index in [2.05, 4.69) is 10.2 Å². The van der Waals surface area contributed by atoms with Crippen LogP contribution < -0.4 is 0 Å². The minimum atomic E-state index is -0.904. The Morgan fingerprint density at radius 3 is 2.88 bits per heavy atom. The van der Waals surface area contributed by atoms with Crippen molar-refractivity contribution >= 4 is 12.2 Å². The topological polar surface area (TPSA) is 33.6 Å². The molecule has 1 heterocycles. The molecule has 2 aromatic rings. The first kappa shape index (κ1) is 11.9. The van der Waals surface area contributed by atoms with Crippen LogP contribution in [0.25, 0.3) is 11.4 Å². The molecular formula is C11H11F2N3S. The third-order valence-electron chi connectivity index (χ3n) is 2.40. The highest BCUT2D eigenvalue weighted by Gasteiger charge is 2.15. The summed E-state index contributed by atoms with van der Waals surface area (Å²) in [6.45, 7) is 2.58. The van der Waals surface area contributed by atoms with E-state index in [0.29, 0.717) is 17.1 Å². The maximum Gasteiger partial charge on any atom is 0.195 e. The molecule has 0 radical (unpaired) electrons. The van der Waals surface area contributed by atoms with Crippen LogP contribution in [0, 0.1) is 16.4 Å². The summed E-state index contributed by atoms with van der Waals surface area (Å²) < 4.78 is 28.8. The van der Waals surface area contributed by atoms with E-state index in [-0.39, 0.29) is 5.56 Å². The zero-order chi connectivity index (χ0) is 12.4. The Kier molecular flexibility index (Phi) is 3.33. The van der Waals surface area contributed by atoms with E-state index in [4.69, 9.17) is 12.2 Å². The lowest BCUT2D eigenvalue weighted by Gasteiger charge is -2.06. The van der Waals surface area contributed by atoms with E-state index in [1.165, 1.54) is 12.1 Å². The van der Waals surface area contributed by atoms with Crippen molar-refractivity contribution in [3.05, 3.63) is 34.6 Å². The molecule has 90 valence electrons. The van der Waals surface area contributed by atoms with E-state index in [9.17, 15) is 8.78 Å². The molecule has 0 aliphatic carbocycles. The summed E-state index contributed by atoms with van der Waals surface area (Å²) in [5.74, 6) is -1.47. The van der Waals surface area contributed by atoms with Crippen molar-refractivity contribution in [1.29, 1.82) is 0 Å². The number of H-pyrrole nitrogens is 1. The van der Waals surface area contributed by atoms with Gasteiger partial charge < -0.3 is 4.57 Å². The average Bonchev–Trinajstić information content (AvgIpc) is 2.66. The third kappa shape index (κ3) is 2.12. The number of nitrogens with zero attached hydrogens (tertiary/aromatic N) is 2. The van der Waals surface area contributed by atoms with Crippen molar-refractivity contribution in [3.8, 4) is 11.4 Å². The van der Waals surface area contributed by atoms with Crippen molar-refractivity contribution < 1.29 is 8.78 Å². The van der Waals surface area contributed by atoms with Crippen LogP contribution in [-0.2, 0) is 6.54 Å². The first-order valence-corrected chi connectivity index (χ1v) is 5.65. The van der Waals surface area contributed by atoms with Crippen molar-refractivity contribution in [2.24, 2.45) is 0 Å². The summed E-state index contributed by atoms with van der Waals surface area (Å²) in [7, 11) is 0. The lowest BCUT2D eigenvalue weighted by Crippen LogP contribution is -2.02. The fourth-order valence-electron chi connectivity index (χ4n) is 1.63. The van der Waals surface area contributed by atoms with Crippen molar-refractivity contribution in [2.75, 3.05) is 0 Å². The van der Waals surface area contributed by atoms with Gasteiger partial charge in [-0.3, -0.25) is 5.10 Å². The van der Waals surface area contributed by atoms with Crippen molar-refractivity contribution in [1.82, 2.24) is 14.8 Å². The molecule has 0 atom stereocenters. The number of hydrogen-bond donors (Lipinski definition) is 1. The van der Waals surface area contributed by atoms with Crippen LogP contribution in [0.2, 0.25) is 0 Å². The first-order valence-electron chi connectivity index (χ1n) is 5.24. The standard InChI is InChI=1S/C11H11F2N3S/c1-2-6-16-10(14-15-11(16)17)7-4-3-5-8(12)9(7)13/h3-5H,2,6H2,1H3,(H,15,17). The Balaban J connectivity index is 2.60. The van der Waals surface area contributed by atoms with Gasteiger partial charge in [-0.2, -0.15) is 5.10 Å². The monoisotopic (exact) mass is 255 g/mol. The van der Waals surface area contributed by atoms with Crippen LogP contribution >= 0.6 is 12.2 Å². The summed E-state index contributed by atoms with van der Waals surface area (Å²) in [6.07, 6.45) is 0.831. The molecule has 0 saturated carbocycles. The molecule has 1 N–H and O–H groups in total. The lowest BCUT2D eigenvalue weighted by molar-refractivity contribution is 0.509. The molecule has 1 aromatic heterocycles. The minimum Gasteiger partial charge on any atom is -0.300 e. The molecule has 0 amide bonds. The van der Waals surface area contributed by atoms with Crippen LogP contribution in [0.15, 0.2) is 18.2 Å². The van der Waals surface area contributed by atoms with Gasteiger partial charge in [0.15, 0.2) is 22.2 Å². The number of hydrogen-bond acceptors (Lipinski definition) is 2. The molecule has 0 aliphatic heterocycles. The molecule has 0 aliphatic rings. The van der Waals surface area contributed by atoms with Gasteiger partial charge in [-0.1, -0.05) is 13.0 Å². The maximum atomic E-state index is 13.6. The number of aromatic amines is 1. The van der Waals surface area contributed by atoms with Gasteiger partial charge in [-0.05, 0) is 30.8 Å². The normalized spacial score (nSPS) is 10.8. The van der Waals surface area contributed by atoms with Crippen molar-refractivity contribution in [2.45, 2.75) is 19.9 Å². The summed E-state index contributed by atoms with van der Waals surface area (Å²) in [5.41, 5.74) is 0.116. The Labute approximate surface area is 102 Å². The third-order valence-corrected chi connectivity index (χ3v) is 2.71. The van der Waals surface area contributed by atoms with E-state index in [1.807, 2.05) is 6.92 Å². The van der Waals surface area contributed by atoms with Gasteiger partial charge in [0.1, 0.15) is 0 Å². The van der Waals surface area contributed by atoms with Gasteiger partial charge in [-0.15, -0.1) is 0 Å². The second-order valence-electron chi connectivity index (χ2n) is 3.61. The molecule has 2 rings (SSSR count). The average molecular weight is 255 g/mol.